The highest BCUT2D eigenvalue weighted by Gasteiger charge is 2.15. The Hall–Kier alpha value is -1.88. The van der Waals surface area contributed by atoms with E-state index in [9.17, 15) is 5.11 Å². The van der Waals surface area contributed by atoms with Crippen LogP contribution < -0.4 is 0 Å². The fraction of sp³-hybridized carbons (Fsp3) is 0.429. The molecule has 5 nitrogen and oxygen atoms in total. The van der Waals surface area contributed by atoms with Crippen LogP contribution in [0.1, 0.15) is 12.8 Å². The number of pyridine rings is 1. The molecule has 5 heteroatoms. The predicted molar refractivity (Wildman–Crippen MR) is 70.7 cm³/mol. The summed E-state index contributed by atoms with van der Waals surface area (Å²) in [6, 6.07) is 1.70. The average molecular weight is 259 g/mol. The molecule has 0 unspecified atom stereocenters. The van der Waals surface area contributed by atoms with Crippen LogP contribution in [0.4, 0.5) is 0 Å². The highest BCUT2D eigenvalue weighted by Crippen LogP contribution is 2.22. The van der Waals surface area contributed by atoms with Crippen molar-refractivity contribution in [3.63, 3.8) is 0 Å². The van der Waals surface area contributed by atoms with Gasteiger partial charge in [-0.25, -0.2) is 0 Å². The van der Waals surface area contributed by atoms with Crippen molar-refractivity contribution in [3.8, 4) is 16.9 Å². The number of aromatic nitrogens is 3. The molecule has 3 heterocycles. The van der Waals surface area contributed by atoms with E-state index >= 15 is 0 Å². The minimum absolute atomic E-state index is 0.176. The van der Waals surface area contributed by atoms with Gasteiger partial charge in [-0.15, -0.1) is 0 Å². The van der Waals surface area contributed by atoms with E-state index in [4.69, 9.17) is 4.74 Å². The molecule has 0 radical (unpaired) electrons. The summed E-state index contributed by atoms with van der Waals surface area (Å²) in [6.45, 7) is 2.64. The van der Waals surface area contributed by atoms with Gasteiger partial charge in [0.15, 0.2) is 0 Å². The molecular formula is C14H17N3O2. The molecule has 1 N–H and O–H groups in total. The maximum absolute atomic E-state index is 9.44. The maximum atomic E-state index is 9.44. The second kappa shape index (κ2) is 5.40. The Morgan fingerprint density at radius 3 is 2.84 bits per heavy atom. The Labute approximate surface area is 111 Å². The number of ether oxygens (including phenoxy) is 1. The molecule has 19 heavy (non-hydrogen) atoms. The summed E-state index contributed by atoms with van der Waals surface area (Å²) in [5.41, 5.74) is 1.87. The lowest BCUT2D eigenvalue weighted by Gasteiger charge is -2.21. The zero-order valence-electron chi connectivity index (χ0n) is 10.7. The van der Waals surface area contributed by atoms with Crippen molar-refractivity contribution >= 4 is 0 Å². The first-order chi connectivity index (χ1) is 9.31. The van der Waals surface area contributed by atoms with Crippen LogP contribution >= 0.6 is 0 Å². The normalized spacial score (nSPS) is 16.6. The van der Waals surface area contributed by atoms with Gasteiger partial charge in [0.1, 0.15) is 5.75 Å². The van der Waals surface area contributed by atoms with Crippen molar-refractivity contribution in [2.75, 3.05) is 13.2 Å². The van der Waals surface area contributed by atoms with Crippen LogP contribution in [0, 0.1) is 5.92 Å². The van der Waals surface area contributed by atoms with Crippen LogP contribution in [0.3, 0.4) is 0 Å². The molecule has 0 bridgehead atoms. The summed E-state index contributed by atoms with van der Waals surface area (Å²) < 4.78 is 7.33. The number of rotatable bonds is 3. The molecule has 1 saturated heterocycles. The van der Waals surface area contributed by atoms with E-state index in [1.54, 1.807) is 12.3 Å². The first-order valence-corrected chi connectivity index (χ1v) is 6.56. The van der Waals surface area contributed by atoms with Crippen LogP contribution in [0.25, 0.3) is 11.1 Å². The van der Waals surface area contributed by atoms with Gasteiger partial charge in [-0.05, 0) is 24.8 Å². The molecule has 0 spiro atoms. The molecule has 0 saturated carbocycles. The largest absolute Gasteiger partial charge is 0.506 e. The first-order valence-electron chi connectivity index (χ1n) is 6.56. The zero-order valence-corrected chi connectivity index (χ0v) is 10.7. The van der Waals surface area contributed by atoms with Crippen molar-refractivity contribution in [3.05, 3.63) is 30.9 Å². The third-order valence-corrected chi connectivity index (χ3v) is 3.48. The molecular weight excluding hydrogens is 242 g/mol. The Kier molecular flexibility index (Phi) is 3.46. The van der Waals surface area contributed by atoms with E-state index in [1.165, 1.54) is 6.20 Å². The van der Waals surface area contributed by atoms with Crippen LogP contribution in [0.5, 0.6) is 5.75 Å². The molecule has 0 amide bonds. The van der Waals surface area contributed by atoms with Gasteiger partial charge >= 0.3 is 0 Å². The summed E-state index contributed by atoms with van der Waals surface area (Å²) in [5.74, 6) is 0.818. The third-order valence-electron chi connectivity index (χ3n) is 3.48. The quantitative estimate of drug-likeness (QED) is 0.916. The Balaban J connectivity index is 1.72. The number of hydrogen-bond donors (Lipinski definition) is 1. The third kappa shape index (κ3) is 2.93. The second-order valence-electron chi connectivity index (χ2n) is 4.94. The van der Waals surface area contributed by atoms with Crippen molar-refractivity contribution in [2.45, 2.75) is 19.4 Å². The van der Waals surface area contributed by atoms with E-state index in [1.807, 2.05) is 17.1 Å². The van der Waals surface area contributed by atoms with Crippen LogP contribution in [0.2, 0.25) is 0 Å². The minimum atomic E-state index is 0.176. The first kappa shape index (κ1) is 12.2. The Morgan fingerprint density at radius 2 is 2.05 bits per heavy atom. The molecule has 0 aromatic carbocycles. The minimum Gasteiger partial charge on any atom is -0.506 e. The van der Waals surface area contributed by atoms with E-state index in [0.717, 1.165) is 43.7 Å². The smallest absolute Gasteiger partial charge is 0.134 e. The molecule has 1 aliphatic heterocycles. The van der Waals surface area contributed by atoms with E-state index in [-0.39, 0.29) is 5.75 Å². The summed E-state index contributed by atoms with van der Waals surface area (Å²) in [6.07, 6.45) is 9.18. The van der Waals surface area contributed by atoms with Crippen molar-refractivity contribution in [1.82, 2.24) is 14.8 Å². The van der Waals surface area contributed by atoms with Crippen LogP contribution in [0.15, 0.2) is 30.9 Å². The molecule has 1 fully saturated rings. The highest BCUT2D eigenvalue weighted by atomic mass is 16.5. The molecule has 2 aromatic rings. The standard InChI is InChI=1S/C14H17N3O2/c18-14-5-12(6-15-8-14)13-7-16-17(10-13)9-11-1-3-19-4-2-11/h5-8,10-11,18H,1-4,9H2. The molecule has 100 valence electrons. The monoisotopic (exact) mass is 259 g/mol. The lowest BCUT2D eigenvalue weighted by molar-refractivity contribution is 0.0601. The van der Waals surface area contributed by atoms with Gasteiger partial charge in [0.25, 0.3) is 0 Å². The van der Waals surface area contributed by atoms with Crippen LogP contribution in [-0.2, 0) is 11.3 Å². The SMILES string of the molecule is Oc1cncc(-c2cnn(CC3CCOCC3)c2)c1. The Morgan fingerprint density at radius 1 is 1.21 bits per heavy atom. The lowest BCUT2D eigenvalue weighted by Crippen LogP contribution is -2.20. The summed E-state index contributed by atoms with van der Waals surface area (Å²) >= 11 is 0. The molecule has 1 aliphatic rings. The molecule has 3 rings (SSSR count). The highest BCUT2D eigenvalue weighted by molar-refractivity contribution is 5.61. The van der Waals surface area contributed by atoms with Gasteiger partial charge in [0, 0.05) is 43.3 Å². The van der Waals surface area contributed by atoms with Gasteiger partial charge in [-0.3, -0.25) is 9.67 Å². The van der Waals surface area contributed by atoms with Gasteiger partial charge in [0.05, 0.1) is 12.4 Å². The molecule has 0 aliphatic carbocycles. The predicted octanol–water partition coefficient (Wildman–Crippen LogP) is 2.08. The maximum Gasteiger partial charge on any atom is 0.134 e. The van der Waals surface area contributed by atoms with Crippen LogP contribution in [-0.4, -0.2) is 33.1 Å². The molecule has 2 aromatic heterocycles. The second-order valence-corrected chi connectivity index (χ2v) is 4.94. The van der Waals surface area contributed by atoms with Gasteiger partial charge in [-0.1, -0.05) is 0 Å². The number of hydrogen-bond acceptors (Lipinski definition) is 4. The lowest BCUT2D eigenvalue weighted by atomic mass is 10.0. The number of nitrogens with zero attached hydrogens (tertiary/aromatic N) is 3. The van der Waals surface area contributed by atoms with Gasteiger partial charge in [0.2, 0.25) is 0 Å². The summed E-state index contributed by atoms with van der Waals surface area (Å²) in [7, 11) is 0. The zero-order chi connectivity index (χ0) is 13.1. The molecule has 0 atom stereocenters. The van der Waals surface area contributed by atoms with Gasteiger partial charge < -0.3 is 9.84 Å². The fourth-order valence-corrected chi connectivity index (χ4v) is 2.39. The topological polar surface area (TPSA) is 60.2 Å². The van der Waals surface area contributed by atoms with E-state index in [0.29, 0.717) is 5.92 Å². The van der Waals surface area contributed by atoms with Crippen molar-refractivity contribution in [2.24, 2.45) is 5.92 Å². The van der Waals surface area contributed by atoms with Crippen molar-refractivity contribution in [1.29, 1.82) is 0 Å². The summed E-state index contributed by atoms with van der Waals surface area (Å²) in [4.78, 5) is 3.98. The van der Waals surface area contributed by atoms with E-state index < -0.39 is 0 Å². The van der Waals surface area contributed by atoms with E-state index in [2.05, 4.69) is 10.1 Å². The fourth-order valence-electron chi connectivity index (χ4n) is 2.39. The average Bonchev–Trinajstić information content (AvgIpc) is 2.88. The number of aromatic hydroxyl groups is 1. The van der Waals surface area contributed by atoms with Gasteiger partial charge in [-0.2, -0.15) is 5.10 Å². The Bertz CT molecular complexity index is 547. The van der Waals surface area contributed by atoms with Crippen molar-refractivity contribution < 1.29 is 9.84 Å². The summed E-state index contributed by atoms with van der Waals surface area (Å²) in [5, 5.41) is 13.8.